The van der Waals surface area contributed by atoms with Gasteiger partial charge in [-0.3, -0.25) is 4.79 Å². The van der Waals surface area contributed by atoms with Gasteiger partial charge in [0.15, 0.2) is 0 Å². The zero-order chi connectivity index (χ0) is 19.2. The minimum Gasteiger partial charge on any atom is -0.325 e. The van der Waals surface area contributed by atoms with Crippen molar-refractivity contribution in [2.24, 2.45) is 0 Å². The van der Waals surface area contributed by atoms with E-state index in [-0.39, 0.29) is 5.91 Å². The zero-order valence-corrected chi connectivity index (χ0v) is 15.8. The van der Waals surface area contributed by atoms with Crippen LogP contribution in [0.3, 0.4) is 0 Å². The number of para-hydroxylation sites is 1. The molecular weight excluding hydrogens is 392 g/mol. The predicted octanol–water partition coefficient (Wildman–Crippen LogP) is 4.10. The summed E-state index contributed by atoms with van der Waals surface area (Å²) in [6.07, 6.45) is 0. The van der Waals surface area contributed by atoms with Crippen LogP contribution in [0.1, 0.15) is 6.92 Å². The number of amides is 1. The summed E-state index contributed by atoms with van der Waals surface area (Å²) in [7, 11) is 0. The van der Waals surface area contributed by atoms with E-state index in [9.17, 15) is 13.6 Å². The van der Waals surface area contributed by atoms with Gasteiger partial charge in [-0.15, -0.1) is 5.10 Å². The quantitative estimate of drug-likeness (QED) is 0.595. The van der Waals surface area contributed by atoms with Crippen molar-refractivity contribution in [1.29, 1.82) is 0 Å². The fourth-order valence-electron chi connectivity index (χ4n) is 2.16. The molecule has 27 heavy (non-hydrogen) atoms. The standard InChI is InChI=1S/C17H15F2N5OS2/c1-11(15(25)20-12-7-9-14(10-8-12)27-16(18)19)26-17-21-22-23-24(17)13-5-3-2-4-6-13/h2-11,16H,1H3,(H,20,25)/t11-/m0/s1. The predicted molar refractivity (Wildman–Crippen MR) is 101 cm³/mol. The Morgan fingerprint density at radius 2 is 1.78 bits per heavy atom. The highest BCUT2D eigenvalue weighted by atomic mass is 32.2. The van der Waals surface area contributed by atoms with Crippen LogP contribution in [0.4, 0.5) is 14.5 Å². The number of anilines is 1. The Bertz CT molecular complexity index is 890. The number of rotatable bonds is 7. The second-order valence-corrected chi connectivity index (χ2v) is 7.73. The van der Waals surface area contributed by atoms with Gasteiger partial charge in [0.25, 0.3) is 5.76 Å². The molecule has 1 amide bonds. The number of alkyl halides is 2. The SMILES string of the molecule is C[C@H](Sc1nnnn1-c1ccccc1)C(=O)Nc1ccc(SC(F)F)cc1. The normalized spacial score (nSPS) is 12.1. The number of benzene rings is 2. The maximum absolute atomic E-state index is 12.4. The van der Waals surface area contributed by atoms with Crippen LogP contribution in [0.2, 0.25) is 0 Å². The van der Waals surface area contributed by atoms with Crippen LogP contribution in [0.25, 0.3) is 5.69 Å². The molecule has 0 radical (unpaired) electrons. The van der Waals surface area contributed by atoms with Crippen molar-refractivity contribution >= 4 is 35.1 Å². The lowest BCUT2D eigenvalue weighted by molar-refractivity contribution is -0.115. The second-order valence-electron chi connectivity index (χ2n) is 5.36. The summed E-state index contributed by atoms with van der Waals surface area (Å²) in [4.78, 5) is 12.9. The van der Waals surface area contributed by atoms with E-state index >= 15 is 0 Å². The van der Waals surface area contributed by atoms with Crippen molar-refractivity contribution < 1.29 is 13.6 Å². The average Bonchev–Trinajstić information content (AvgIpc) is 3.11. The Labute approximate surface area is 162 Å². The zero-order valence-electron chi connectivity index (χ0n) is 14.1. The Morgan fingerprint density at radius 1 is 1.07 bits per heavy atom. The maximum atomic E-state index is 12.4. The topological polar surface area (TPSA) is 72.7 Å². The molecule has 0 aliphatic carbocycles. The lowest BCUT2D eigenvalue weighted by atomic mass is 10.3. The molecule has 3 aromatic rings. The number of nitrogens with zero attached hydrogens (tertiary/aromatic N) is 4. The van der Waals surface area contributed by atoms with E-state index < -0.39 is 11.0 Å². The van der Waals surface area contributed by atoms with Crippen LogP contribution >= 0.6 is 23.5 Å². The Kier molecular flexibility index (Phi) is 6.40. The first-order valence-electron chi connectivity index (χ1n) is 7.89. The van der Waals surface area contributed by atoms with Crippen molar-refractivity contribution in [3.05, 3.63) is 54.6 Å². The van der Waals surface area contributed by atoms with Crippen molar-refractivity contribution in [2.75, 3.05) is 5.32 Å². The molecule has 0 unspecified atom stereocenters. The number of aromatic nitrogens is 4. The Morgan fingerprint density at radius 3 is 2.44 bits per heavy atom. The van der Waals surface area contributed by atoms with Crippen LogP contribution in [-0.4, -0.2) is 37.1 Å². The largest absolute Gasteiger partial charge is 0.325 e. The summed E-state index contributed by atoms with van der Waals surface area (Å²) in [5, 5.41) is 14.4. The number of nitrogens with one attached hydrogen (secondary N) is 1. The molecule has 0 fully saturated rings. The van der Waals surface area contributed by atoms with Gasteiger partial charge in [0.2, 0.25) is 11.1 Å². The number of hydrogen-bond acceptors (Lipinski definition) is 6. The van der Waals surface area contributed by atoms with Crippen molar-refractivity contribution in [3.63, 3.8) is 0 Å². The molecule has 1 N–H and O–H groups in total. The molecule has 0 aliphatic heterocycles. The molecular formula is C17H15F2N5OS2. The highest BCUT2D eigenvalue weighted by molar-refractivity contribution is 8.00. The van der Waals surface area contributed by atoms with Gasteiger partial charge < -0.3 is 5.32 Å². The number of hydrogen-bond donors (Lipinski definition) is 1. The van der Waals surface area contributed by atoms with E-state index in [1.54, 1.807) is 35.9 Å². The molecule has 0 aliphatic rings. The molecule has 0 bridgehead atoms. The van der Waals surface area contributed by atoms with Gasteiger partial charge in [0.1, 0.15) is 0 Å². The van der Waals surface area contributed by atoms with Crippen LogP contribution in [0, 0.1) is 0 Å². The van der Waals surface area contributed by atoms with Crippen molar-refractivity contribution in [3.8, 4) is 5.69 Å². The molecule has 1 atom stereocenters. The van der Waals surface area contributed by atoms with Crippen molar-refractivity contribution in [1.82, 2.24) is 20.2 Å². The molecule has 0 saturated carbocycles. The third-order valence-corrected chi connectivity index (χ3v) is 5.20. The van der Waals surface area contributed by atoms with Gasteiger partial charge in [0, 0.05) is 10.6 Å². The first kappa shape index (κ1) is 19.3. The molecule has 1 aromatic heterocycles. The average molecular weight is 407 g/mol. The van der Waals surface area contributed by atoms with Gasteiger partial charge in [-0.1, -0.05) is 41.7 Å². The summed E-state index contributed by atoms with van der Waals surface area (Å²) >= 11 is 1.68. The summed E-state index contributed by atoms with van der Waals surface area (Å²) in [5.74, 6) is -2.71. The number of thioether (sulfide) groups is 2. The van der Waals surface area contributed by atoms with E-state index in [0.717, 1.165) is 5.69 Å². The number of halogens is 2. The minimum absolute atomic E-state index is 0.239. The smallest absolute Gasteiger partial charge is 0.288 e. The summed E-state index contributed by atoms with van der Waals surface area (Å²) in [6.45, 7) is 1.74. The highest BCUT2D eigenvalue weighted by Crippen LogP contribution is 2.27. The molecule has 0 saturated heterocycles. The number of tetrazole rings is 1. The van der Waals surface area contributed by atoms with Gasteiger partial charge in [0.05, 0.1) is 10.9 Å². The molecule has 2 aromatic carbocycles. The van der Waals surface area contributed by atoms with Gasteiger partial charge >= 0.3 is 0 Å². The third kappa shape index (κ3) is 5.27. The van der Waals surface area contributed by atoms with Crippen LogP contribution < -0.4 is 5.32 Å². The summed E-state index contributed by atoms with van der Waals surface area (Å²) < 4.78 is 26.3. The highest BCUT2D eigenvalue weighted by Gasteiger charge is 2.19. The van der Waals surface area contributed by atoms with Crippen LogP contribution in [0.5, 0.6) is 0 Å². The molecule has 10 heteroatoms. The van der Waals surface area contributed by atoms with E-state index in [1.807, 2.05) is 30.3 Å². The van der Waals surface area contributed by atoms with Gasteiger partial charge in [-0.2, -0.15) is 13.5 Å². The van der Waals surface area contributed by atoms with E-state index in [1.165, 1.54) is 11.8 Å². The fraction of sp³-hybridized carbons (Fsp3) is 0.176. The van der Waals surface area contributed by atoms with E-state index in [4.69, 9.17) is 0 Å². The minimum atomic E-state index is -2.47. The lowest BCUT2D eigenvalue weighted by Gasteiger charge is -2.12. The first-order valence-corrected chi connectivity index (χ1v) is 9.65. The molecule has 3 rings (SSSR count). The van der Waals surface area contributed by atoms with Crippen molar-refractivity contribution in [2.45, 2.75) is 28.0 Å². The van der Waals surface area contributed by atoms with E-state index in [0.29, 0.717) is 27.5 Å². The Balaban J connectivity index is 1.63. The fourth-order valence-corrected chi connectivity index (χ4v) is 3.47. The van der Waals surface area contributed by atoms with Crippen LogP contribution in [-0.2, 0) is 4.79 Å². The van der Waals surface area contributed by atoms with E-state index in [2.05, 4.69) is 20.8 Å². The first-order chi connectivity index (χ1) is 13.0. The second kappa shape index (κ2) is 8.96. The molecule has 0 spiro atoms. The van der Waals surface area contributed by atoms with Gasteiger partial charge in [-0.05, 0) is 53.7 Å². The Hall–Kier alpha value is -2.46. The van der Waals surface area contributed by atoms with Gasteiger partial charge in [-0.25, -0.2) is 0 Å². The third-order valence-electron chi connectivity index (χ3n) is 3.44. The monoisotopic (exact) mass is 407 g/mol. The summed E-state index contributed by atoms with van der Waals surface area (Å²) in [6, 6.07) is 15.6. The number of carbonyl (C=O) groups excluding carboxylic acids is 1. The molecule has 140 valence electrons. The lowest BCUT2D eigenvalue weighted by Crippen LogP contribution is -2.22. The molecule has 6 nitrogen and oxygen atoms in total. The van der Waals surface area contributed by atoms with Crippen LogP contribution in [0.15, 0.2) is 64.6 Å². The molecule has 1 heterocycles. The number of carbonyl (C=O) groups is 1. The summed E-state index contributed by atoms with van der Waals surface area (Å²) in [5.41, 5.74) is 1.33. The maximum Gasteiger partial charge on any atom is 0.288 e.